The molecule has 0 saturated carbocycles. The van der Waals surface area contributed by atoms with Crippen LogP contribution in [0.5, 0.6) is 0 Å². The van der Waals surface area contributed by atoms with Gasteiger partial charge in [-0.15, -0.1) is 0 Å². The highest BCUT2D eigenvalue weighted by Gasteiger charge is 2.40. The molecule has 2 amide bonds. The number of amides is 2. The van der Waals surface area contributed by atoms with Crippen LogP contribution in [0.3, 0.4) is 0 Å². The summed E-state index contributed by atoms with van der Waals surface area (Å²) in [4.78, 5) is 27.2. The largest absolute Gasteiger partial charge is 0.481 e. The molecule has 0 bridgehead atoms. The number of carbonyl (C=O) groups is 2. The molecule has 0 aliphatic carbocycles. The molecule has 1 aliphatic heterocycles. The standard InChI is InChI=1S/C14H26N2O3/c1-5-11(6-2)15(4)13(19)16-9-7-8-14(3,10-16)12(17)18/h11H,5-10H2,1-4H3,(H,17,18). The van der Waals surface area contributed by atoms with Crippen molar-refractivity contribution in [1.29, 1.82) is 0 Å². The van der Waals surface area contributed by atoms with Crippen LogP contribution in [-0.4, -0.2) is 53.1 Å². The Morgan fingerprint density at radius 2 is 1.95 bits per heavy atom. The summed E-state index contributed by atoms with van der Waals surface area (Å²) in [5, 5.41) is 9.29. The molecule has 0 radical (unpaired) electrons. The smallest absolute Gasteiger partial charge is 0.320 e. The molecule has 5 heteroatoms. The third-order valence-electron chi connectivity index (χ3n) is 4.28. The second-order valence-electron chi connectivity index (χ2n) is 5.75. The van der Waals surface area contributed by atoms with Crippen molar-refractivity contribution in [2.45, 2.75) is 52.5 Å². The first-order valence-electron chi connectivity index (χ1n) is 7.10. The van der Waals surface area contributed by atoms with E-state index >= 15 is 0 Å². The fraction of sp³-hybridized carbons (Fsp3) is 0.857. The van der Waals surface area contributed by atoms with Crippen molar-refractivity contribution in [2.75, 3.05) is 20.1 Å². The van der Waals surface area contributed by atoms with Gasteiger partial charge in [0.15, 0.2) is 0 Å². The molecular weight excluding hydrogens is 244 g/mol. The molecule has 1 unspecified atom stereocenters. The summed E-state index contributed by atoms with van der Waals surface area (Å²) >= 11 is 0. The topological polar surface area (TPSA) is 60.9 Å². The zero-order valence-corrected chi connectivity index (χ0v) is 12.5. The minimum atomic E-state index is -0.810. The van der Waals surface area contributed by atoms with E-state index in [1.165, 1.54) is 0 Å². The summed E-state index contributed by atoms with van der Waals surface area (Å²) in [5.41, 5.74) is -0.803. The minimum Gasteiger partial charge on any atom is -0.481 e. The molecule has 1 fully saturated rings. The van der Waals surface area contributed by atoms with Gasteiger partial charge in [0.1, 0.15) is 0 Å². The third kappa shape index (κ3) is 3.39. The molecule has 1 rings (SSSR count). The van der Waals surface area contributed by atoms with Gasteiger partial charge >= 0.3 is 12.0 Å². The lowest BCUT2D eigenvalue weighted by molar-refractivity contribution is -0.150. The average molecular weight is 270 g/mol. The second-order valence-corrected chi connectivity index (χ2v) is 5.75. The zero-order valence-electron chi connectivity index (χ0n) is 12.5. The Hall–Kier alpha value is -1.26. The van der Waals surface area contributed by atoms with E-state index in [4.69, 9.17) is 0 Å². The van der Waals surface area contributed by atoms with Crippen LogP contribution in [0.2, 0.25) is 0 Å². The molecule has 0 aromatic carbocycles. The summed E-state index contributed by atoms with van der Waals surface area (Å²) in [6.07, 6.45) is 3.23. The highest BCUT2D eigenvalue weighted by atomic mass is 16.4. The van der Waals surface area contributed by atoms with E-state index in [1.807, 2.05) is 7.05 Å². The van der Waals surface area contributed by atoms with E-state index < -0.39 is 11.4 Å². The van der Waals surface area contributed by atoms with Crippen molar-refractivity contribution < 1.29 is 14.7 Å². The van der Waals surface area contributed by atoms with Crippen LogP contribution in [0, 0.1) is 5.41 Å². The zero-order chi connectivity index (χ0) is 14.6. The van der Waals surface area contributed by atoms with Gasteiger partial charge in [-0.3, -0.25) is 4.79 Å². The fourth-order valence-electron chi connectivity index (χ4n) is 2.79. The van der Waals surface area contributed by atoms with Crippen LogP contribution in [-0.2, 0) is 4.79 Å². The number of piperidine rings is 1. The van der Waals surface area contributed by atoms with E-state index in [1.54, 1.807) is 16.7 Å². The van der Waals surface area contributed by atoms with Gasteiger partial charge < -0.3 is 14.9 Å². The van der Waals surface area contributed by atoms with Crippen molar-refractivity contribution in [3.63, 3.8) is 0 Å². The molecule has 1 heterocycles. The number of rotatable bonds is 4. The summed E-state index contributed by atoms with van der Waals surface area (Å²) in [5.74, 6) is -0.810. The van der Waals surface area contributed by atoms with Gasteiger partial charge in [-0.25, -0.2) is 4.79 Å². The first-order valence-corrected chi connectivity index (χ1v) is 7.10. The normalized spacial score (nSPS) is 23.5. The predicted octanol–water partition coefficient (Wildman–Crippen LogP) is 2.41. The van der Waals surface area contributed by atoms with Gasteiger partial charge in [0, 0.05) is 26.2 Å². The maximum atomic E-state index is 12.4. The summed E-state index contributed by atoms with van der Waals surface area (Å²) in [6, 6.07) is 0.186. The predicted molar refractivity (Wildman–Crippen MR) is 74.1 cm³/mol. The molecule has 0 spiro atoms. The number of carboxylic acid groups (broad SMARTS) is 1. The van der Waals surface area contributed by atoms with E-state index in [9.17, 15) is 14.7 Å². The quantitative estimate of drug-likeness (QED) is 0.853. The van der Waals surface area contributed by atoms with E-state index in [-0.39, 0.29) is 12.1 Å². The summed E-state index contributed by atoms with van der Waals surface area (Å²) in [6.45, 7) is 6.83. The SMILES string of the molecule is CCC(CC)N(C)C(=O)N1CCCC(C)(C(=O)O)C1. The molecule has 1 N–H and O–H groups in total. The van der Waals surface area contributed by atoms with E-state index in [0.717, 1.165) is 19.3 Å². The van der Waals surface area contributed by atoms with Crippen molar-refractivity contribution in [3.05, 3.63) is 0 Å². The Bertz CT molecular complexity index is 342. The van der Waals surface area contributed by atoms with Crippen LogP contribution in [0.25, 0.3) is 0 Å². The molecule has 0 aromatic rings. The number of likely N-dealkylation sites (tertiary alicyclic amines) is 1. The van der Waals surface area contributed by atoms with E-state index in [2.05, 4.69) is 13.8 Å². The number of carboxylic acids is 1. The van der Waals surface area contributed by atoms with Crippen molar-refractivity contribution in [2.24, 2.45) is 5.41 Å². The van der Waals surface area contributed by atoms with E-state index in [0.29, 0.717) is 19.5 Å². The average Bonchev–Trinajstić information content (AvgIpc) is 2.39. The fourth-order valence-corrected chi connectivity index (χ4v) is 2.79. The highest BCUT2D eigenvalue weighted by molar-refractivity contribution is 5.78. The monoisotopic (exact) mass is 270 g/mol. The Labute approximate surface area is 115 Å². The van der Waals surface area contributed by atoms with Crippen LogP contribution >= 0.6 is 0 Å². The van der Waals surface area contributed by atoms with Gasteiger partial charge in [0.05, 0.1) is 5.41 Å². The Morgan fingerprint density at radius 3 is 2.42 bits per heavy atom. The lowest BCUT2D eigenvalue weighted by Crippen LogP contribution is -2.53. The molecule has 1 aliphatic rings. The van der Waals surface area contributed by atoms with Gasteiger partial charge in [-0.1, -0.05) is 13.8 Å². The van der Waals surface area contributed by atoms with Gasteiger partial charge in [0.2, 0.25) is 0 Å². The van der Waals surface area contributed by atoms with Crippen LogP contribution < -0.4 is 0 Å². The van der Waals surface area contributed by atoms with Crippen molar-refractivity contribution in [3.8, 4) is 0 Å². The minimum absolute atomic E-state index is 0.0409. The molecule has 1 atom stereocenters. The molecular formula is C14H26N2O3. The maximum absolute atomic E-state index is 12.4. The number of aliphatic carboxylic acids is 1. The first-order chi connectivity index (χ1) is 8.85. The Balaban J connectivity index is 2.74. The summed E-state index contributed by atoms with van der Waals surface area (Å²) in [7, 11) is 1.81. The molecule has 110 valence electrons. The molecule has 1 saturated heterocycles. The molecule has 19 heavy (non-hydrogen) atoms. The lowest BCUT2D eigenvalue weighted by Gasteiger charge is -2.40. The van der Waals surface area contributed by atoms with Gasteiger partial charge in [0.25, 0.3) is 0 Å². The lowest BCUT2D eigenvalue weighted by atomic mass is 9.82. The second kappa shape index (κ2) is 6.26. The Kier molecular flexibility index (Phi) is 5.20. The van der Waals surface area contributed by atoms with Crippen LogP contribution in [0.1, 0.15) is 46.5 Å². The number of nitrogens with zero attached hydrogens (tertiary/aromatic N) is 2. The Morgan fingerprint density at radius 1 is 1.37 bits per heavy atom. The number of hydrogen-bond donors (Lipinski definition) is 1. The maximum Gasteiger partial charge on any atom is 0.320 e. The molecule has 5 nitrogen and oxygen atoms in total. The number of carbonyl (C=O) groups excluding carboxylic acids is 1. The highest BCUT2D eigenvalue weighted by Crippen LogP contribution is 2.30. The first kappa shape index (κ1) is 15.8. The van der Waals surface area contributed by atoms with Gasteiger partial charge in [-0.2, -0.15) is 0 Å². The van der Waals surface area contributed by atoms with Crippen LogP contribution in [0.15, 0.2) is 0 Å². The van der Waals surface area contributed by atoms with Crippen LogP contribution in [0.4, 0.5) is 4.79 Å². The number of hydrogen-bond acceptors (Lipinski definition) is 2. The van der Waals surface area contributed by atoms with Crippen molar-refractivity contribution >= 4 is 12.0 Å². The molecule has 0 aromatic heterocycles. The number of urea groups is 1. The van der Waals surface area contributed by atoms with Gasteiger partial charge in [-0.05, 0) is 32.6 Å². The summed E-state index contributed by atoms with van der Waals surface area (Å²) < 4.78 is 0. The van der Waals surface area contributed by atoms with Crippen molar-refractivity contribution in [1.82, 2.24) is 9.80 Å². The third-order valence-corrected chi connectivity index (χ3v) is 4.28.